The number of hydrogen-bond donors (Lipinski definition) is 4. The van der Waals surface area contributed by atoms with Crippen LogP contribution in [0.4, 0.5) is 5.69 Å². The zero-order valence-electron chi connectivity index (χ0n) is 17.8. The molecule has 0 unspecified atom stereocenters. The summed E-state index contributed by atoms with van der Waals surface area (Å²) < 4.78 is 11.7. The summed E-state index contributed by atoms with van der Waals surface area (Å²) in [5, 5.41) is 34.6. The number of nitrogens with one attached hydrogen (secondary N) is 1. The largest absolute Gasteiger partial charge is 0.490 e. The zero-order chi connectivity index (χ0) is 21.5. The molecule has 6 heteroatoms. The Morgan fingerprint density at radius 1 is 1.00 bits per heavy atom. The molecule has 0 bridgehead atoms. The monoisotopic (exact) mass is 425 g/mol. The molecule has 1 aliphatic carbocycles. The van der Waals surface area contributed by atoms with Gasteiger partial charge in [0.25, 0.3) is 0 Å². The second-order valence-electron chi connectivity index (χ2n) is 8.99. The van der Waals surface area contributed by atoms with Gasteiger partial charge >= 0.3 is 0 Å². The fourth-order valence-electron chi connectivity index (χ4n) is 4.83. The molecule has 2 aromatic rings. The van der Waals surface area contributed by atoms with Crippen LogP contribution in [0.3, 0.4) is 0 Å². The van der Waals surface area contributed by atoms with Crippen LogP contribution in [0.5, 0.6) is 5.75 Å². The maximum atomic E-state index is 10.6. The van der Waals surface area contributed by atoms with Crippen molar-refractivity contribution in [2.45, 2.75) is 69.0 Å². The summed E-state index contributed by atoms with van der Waals surface area (Å²) in [5.74, 6) is 1.49. The van der Waals surface area contributed by atoms with Gasteiger partial charge in [0, 0.05) is 6.54 Å². The molecule has 4 N–H and O–H groups in total. The second-order valence-corrected chi connectivity index (χ2v) is 8.99. The summed E-state index contributed by atoms with van der Waals surface area (Å²) in [6.45, 7) is 3.40. The Morgan fingerprint density at radius 2 is 1.84 bits per heavy atom. The molecule has 3 aliphatic rings. The minimum Gasteiger partial charge on any atom is -0.490 e. The molecule has 0 aromatic heterocycles. The third-order valence-corrected chi connectivity index (χ3v) is 6.74. The van der Waals surface area contributed by atoms with E-state index in [-0.39, 0.29) is 0 Å². The number of aliphatic hydroxyl groups excluding tert-OH is 3. The molecule has 5 atom stereocenters. The van der Waals surface area contributed by atoms with Gasteiger partial charge in [0.2, 0.25) is 0 Å². The van der Waals surface area contributed by atoms with Gasteiger partial charge in [-0.25, -0.2) is 0 Å². The highest BCUT2D eigenvalue weighted by Gasteiger charge is 2.43. The SMILES string of the molecule is CC[C@H]1O[C@@H](c2ccc(C3CC3)c(Cc3ccc4c(c3)NCCO4)c2)[C@H](O)[C@@H](O)[C@@H]1O. The smallest absolute Gasteiger partial charge is 0.142 e. The van der Waals surface area contributed by atoms with E-state index in [1.807, 2.05) is 19.1 Å². The van der Waals surface area contributed by atoms with Gasteiger partial charge < -0.3 is 30.1 Å². The van der Waals surface area contributed by atoms with E-state index in [1.165, 1.54) is 29.5 Å². The number of hydrogen-bond acceptors (Lipinski definition) is 6. The molecule has 0 spiro atoms. The summed E-state index contributed by atoms with van der Waals surface area (Å²) >= 11 is 0. The third-order valence-electron chi connectivity index (χ3n) is 6.74. The highest BCUT2D eigenvalue weighted by Crippen LogP contribution is 2.44. The molecule has 1 saturated carbocycles. The first kappa shape index (κ1) is 20.8. The molecule has 2 heterocycles. The molecular formula is C25H31NO5. The van der Waals surface area contributed by atoms with E-state index in [0.29, 0.717) is 18.9 Å². The Kier molecular flexibility index (Phi) is 5.65. The van der Waals surface area contributed by atoms with Crippen molar-refractivity contribution >= 4 is 5.69 Å². The van der Waals surface area contributed by atoms with Crippen LogP contribution in [0, 0.1) is 0 Å². The lowest BCUT2D eigenvalue weighted by atomic mass is 9.87. The summed E-state index contributed by atoms with van der Waals surface area (Å²) in [6.07, 6.45) is -0.862. The quantitative estimate of drug-likeness (QED) is 0.589. The van der Waals surface area contributed by atoms with Crippen LogP contribution in [0.1, 0.15) is 60.5 Å². The number of aliphatic hydroxyl groups is 3. The molecule has 2 aromatic carbocycles. The average Bonchev–Trinajstić information content (AvgIpc) is 3.63. The first-order valence-corrected chi connectivity index (χ1v) is 11.4. The number of benzene rings is 2. The van der Waals surface area contributed by atoms with E-state index in [0.717, 1.165) is 30.0 Å². The number of anilines is 1. The fraction of sp³-hybridized carbons (Fsp3) is 0.520. The van der Waals surface area contributed by atoms with Crippen molar-refractivity contribution in [1.29, 1.82) is 0 Å². The van der Waals surface area contributed by atoms with Gasteiger partial charge in [0.05, 0.1) is 11.8 Å². The summed E-state index contributed by atoms with van der Waals surface area (Å²) in [4.78, 5) is 0. The zero-order valence-corrected chi connectivity index (χ0v) is 17.8. The van der Waals surface area contributed by atoms with Crippen molar-refractivity contribution in [2.75, 3.05) is 18.5 Å². The summed E-state index contributed by atoms with van der Waals surface area (Å²) in [5.41, 5.74) is 5.64. The van der Waals surface area contributed by atoms with Crippen molar-refractivity contribution in [3.63, 3.8) is 0 Å². The van der Waals surface area contributed by atoms with Gasteiger partial charge in [0.15, 0.2) is 0 Å². The molecular weight excluding hydrogens is 394 g/mol. The number of rotatable bonds is 5. The van der Waals surface area contributed by atoms with E-state index >= 15 is 0 Å². The maximum Gasteiger partial charge on any atom is 0.142 e. The molecule has 0 amide bonds. The lowest BCUT2D eigenvalue weighted by Gasteiger charge is -2.40. The first-order valence-electron chi connectivity index (χ1n) is 11.4. The Hall–Kier alpha value is -2.12. The van der Waals surface area contributed by atoms with Crippen molar-refractivity contribution in [2.24, 2.45) is 0 Å². The molecule has 166 valence electrons. The van der Waals surface area contributed by atoms with Gasteiger partial charge in [-0.1, -0.05) is 31.2 Å². The standard InChI is InChI=1S/C25H31NO5/c1-2-20-22(27)23(28)24(29)25(31-20)16-6-7-18(15-4-5-15)17(13-16)11-14-3-8-21-19(12-14)26-9-10-30-21/h3,6-8,12-13,15,20,22-29H,2,4-5,9-11H2,1H3/t20-,22-,23+,24-,25+/m1/s1. The minimum absolute atomic E-state index is 0.498. The van der Waals surface area contributed by atoms with Gasteiger partial charge in [-0.15, -0.1) is 0 Å². The van der Waals surface area contributed by atoms with E-state index in [9.17, 15) is 15.3 Å². The van der Waals surface area contributed by atoms with E-state index in [2.05, 4.69) is 29.6 Å². The van der Waals surface area contributed by atoms with Crippen LogP contribution in [-0.2, 0) is 11.2 Å². The predicted molar refractivity (Wildman–Crippen MR) is 118 cm³/mol. The first-order chi connectivity index (χ1) is 15.0. The van der Waals surface area contributed by atoms with Crippen LogP contribution >= 0.6 is 0 Å². The highest BCUT2D eigenvalue weighted by atomic mass is 16.5. The Labute approximate surface area is 182 Å². The topological polar surface area (TPSA) is 91.2 Å². The fourth-order valence-corrected chi connectivity index (χ4v) is 4.83. The van der Waals surface area contributed by atoms with E-state index in [1.54, 1.807) is 0 Å². The molecule has 2 fully saturated rings. The maximum absolute atomic E-state index is 10.6. The van der Waals surface area contributed by atoms with E-state index < -0.39 is 30.5 Å². The Balaban J connectivity index is 1.45. The molecule has 6 nitrogen and oxygen atoms in total. The third kappa shape index (κ3) is 4.05. The van der Waals surface area contributed by atoms with Crippen LogP contribution in [0.25, 0.3) is 0 Å². The van der Waals surface area contributed by atoms with Crippen molar-refractivity contribution < 1.29 is 24.8 Å². The summed E-state index contributed by atoms with van der Waals surface area (Å²) in [6, 6.07) is 12.5. The van der Waals surface area contributed by atoms with Crippen LogP contribution in [-0.4, -0.2) is 52.9 Å². The van der Waals surface area contributed by atoms with Crippen molar-refractivity contribution in [3.8, 4) is 5.75 Å². The summed E-state index contributed by atoms with van der Waals surface area (Å²) in [7, 11) is 0. The van der Waals surface area contributed by atoms with Gasteiger partial charge in [-0.2, -0.15) is 0 Å². The van der Waals surface area contributed by atoms with Gasteiger partial charge in [-0.3, -0.25) is 0 Å². The van der Waals surface area contributed by atoms with Gasteiger partial charge in [-0.05, 0) is 66.0 Å². The highest BCUT2D eigenvalue weighted by molar-refractivity contribution is 5.60. The predicted octanol–water partition coefficient (Wildman–Crippen LogP) is 2.89. The number of ether oxygens (including phenoxy) is 2. The molecule has 31 heavy (non-hydrogen) atoms. The van der Waals surface area contributed by atoms with Crippen LogP contribution in [0.2, 0.25) is 0 Å². The molecule has 1 saturated heterocycles. The molecule has 5 rings (SSSR count). The Morgan fingerprint density at radius 3 is 2.61 bits per heavy atom. The van der Waals surface area contributed by atoms with Crippen LogP contribution < -0.4 is 10.1 Å². The molecule has 0 radical (unpaired) electrons. The average molecular weight is 426 g/mol. The lowest BCUT2D eigenvalue weighted by molar-refractivity contribution is -0.225. The normalized spacial score (nSPS) is 30.3. The Bertz CT molecular complexity index is 942. The lowest BCUT2D eigenvalue weighted by Crippen LogP contribution is -2.53. The molecule has 2 aliphatic heterocycles. The van der Waals surface area contributed by atoms with Crippen LogP contribution in [0.15, 0.2) is 36.4 Å². The minimum atomic E-state index is -1.22. The number of fused-ring (bicyclic) bond motifs is 1. The van der Waals surface area contributed by atoms with Crippen molar-refractivity contribution in [3.05, 3.63) is 58.7 Å². The van der Waals surface area contributed by atoms with Gasteiger partial charge in [0.1, 0.15) is 36.8 Å². The second kappa shape index (κ2) is 8.43. The van der Waals surface area contributed by atoms with Crippen molar-refractivity contribution in [1.82, 2.24) is 0 Å². The van der Waals surface area contributed by atoms with E-state index in [4.69, 9.17) is 9.47 Å².